The predicted octanol–water partition coefficient (Wildman–Crippen LogP) is 9.62. The van der Waals surface area contributed by atoms with Crippen LogP contribution in [0, 0.1) is 0 Å². The predicted molar refractivity (Wildman–Crippen MR) is 177 cm³/mol. The van der Waals surface area contributed by atoms with E-state index in [0.717, 1.165) is 76.5 Å². The second-order valence-electron chi connectivity index (χ2n) is 13.6. The molecule has 0 aliphatic carbocycles. The first kappa shape index (κ1) is 27.8. The summed E-state index contributed by atoms with van der Waals surface area (Å²) in [7, 11) is 0. The molecule has 0 atom stereocenters. The topological polar surface area (TPSA) is 54.0 Å². The number of fused-ring (bicyclic) bond motifs is 14. The summed E-state index contributed by atoms with van der Waals surface area (Å²) >= 11 is 0. The summed E-state index contributed by atoms with van der Waals surface area (Å²) in [5.74, 6) is 0. The van der Waals surface area contributed by atoms with E-state index in [1.54, 1.807) is 0 Å². The van der Waals surface area contributed by atoms with Gasteiger partial charge >= 0.3 is 21.1 Å². The molecule has 0 saturated heterocycles. The van der Waals surface area contributed by atoms with Gasteiger partial charge in [-0.05, 0) is 78.5 Å². The molecule has 0 aliphatic rings. The van der Waals surface area contributed by atoms with Crippen LogP contribution in [0.3, 0.4) is 0 Å². The summed E-state index contributed by atoms with van der Waals surface area (Å²) in [4.78, 5) is 21.1. The van der Waals surface area contributed by atoms with Gasteiger partial charge in [-0.15, -0.1) is 22.1 Å². The zero-order chi connectivity index (χ0) is 29.0. The van der Waals surface area contributed by atoms with Crippen LogP contribution < -0.4 is 9.97 Å². The number of hydrogen-bond donors (Lipinski definition) is 0. The third-order valence-corrected chi connectivity index (χ3v) is 8.66. The van der Waals surface area contributed by atoms with Crippen LogP contribution >= 0.6 is 0 Å². The van der Waals surface area contributed by atoms with E-state index in [9.17, 15) is 0 Å². The van der Waals surface area contributed by atoms with Gasteiger partial charge in [-0.1, -0.05) is 102 Å². The van der Waals surface area contributed by atoms with Crippen molar-refractivity contribution in [3.8, 4) is 0 Å². The SMILES string of the molecule is CC(C)(C)c1cc2c3cccc(n3)c3[n-]c(c4cccc(n4)c4cc(C(C)(C)C)cc5c(c1)c2[n-]c45)c1ccccc13.[Pt+2]. The molecule has 0 spiro atoms. The van der Waals surface area contributed by atoms with Crippen molar-refractivity contribution in [3.05, 3.63) is 96.1 Å². The number of nitrogens with zero attached hydrogens (tertiary/aromatic N) is 4. The summed E-state index contributed by atoms with van der Waals surface area (Å²) in [6.07, 6.45) is 0. The Morgan fingerprint density at radius 2 is 0.791 bits per heavy atom. The van der Waals surface area contributed by atoms with Gasteiger partial charge in [0.05, 0.1) is 11.0 Å². The first-order chi connectivity index (χ1) is 20.1. The van der Waals surface area contributed by atoms with E-state index >= 15 is 0 Å². The molecule has 0 unspecified atom stereocenters. The van der Waals surface area contributed by atoms with Gasteiger partial charge in [-0.2, -0.15) is 0 Å². The van der Waals surface area contributed by atoms with Gasteiger partial charge in [0.2, 0.25) is 0 Å². The molecule has 0 N–H and O–H groups in total. The van der Waals surface area contributed by atoms with Crippen molar-refractivity contribution >= 4 is 76.5 Å². The molecule has 4 nitrogen and oxygen atoms in total. The Morgan fingerprint density at radius 3 is 1.21 bits per heavy atom. The molecule has 3 aromatic carbocycles. The summed E-state index contributed by atoms with van der Waals surface area (Å²) in [5, 5.41) is 6.59. The molecule has 0 saturated carbocycles. The van der Waals surface area contributed by atoms with Crippen LogP contribution in [0.1, 0.15) is 52.7 Å². The Balaban J connectivity index is 0.00000300. The van der Waals surface area contributed by atoms with Crippen molar-refractivity contribution in [2.24, 2.45) is 0 Å². The second kappa shape index (κ2) is 9.49. The van der Waals surface area contributed by atoms with Crippen molar-refractivity contribution in [2.75, 3.05) is 0 Å². The van der Waals surface area contributed by atoms with Crippen LogP contribution in [0.4, 0.5) is 0 Å². The van der Waals surface area contributed by atoms with E-state index in [1.807, 2.05) is 0 Å². The molecule has 0 aliphatic heterocycles. The number of rotatable bonds is 0. The number of aromatic nitrogens is 4. The summed E-state index contributed by atoms with van der Waals surface area (Å²) in [6.45, 7) is 13.6. The monoisotopic (exact) mass is 739 g/mol. The van der Waals surface area contributed by atoms with Crippen molar-refractivity contribution < 1.29 is 21.1 Å². The average Bonchev–Trinajstić information content (AvgIpc) is 3.54. The van der Waals surface area contributed by atoms with Gasteiger partial charge in [0.1, 0.15) is 0 Å². The van der Waals surface area contributed by atoms with E-state index in [0.29, 0.717) is 0 Å². The second-order valence-corrected chi connectivity index (χ2v) is 13.6. The van der Waals surface area contributed by atoms with Gasteiger partial charge in [0, 0.05) is 11.0 Å². The molecule has 5 aromatic heterocycles. The average molecular weight is 740 g/mol. The molecule has 0 amide bonds. The third-order valence-electron chi connectivity index (χ3n) is 8.66. The van der Waals surface area contributed by atoms with Gasteiger partial charge < -0.3 is 9.97 Å². The van der Waals surface area contributed by atoms with Gasteiger partial charge in [-0.3, -0.25) is 0 Å². The maximum absolute atomic E-state index is 5.39. The Bertz CT molecular complexity index is 2260. The molecule has 214 valence electrons. The molecule has 0 fully saturated rings. The quantitative estimate of drug-likeness (QED) is 0.156. The summed E-state index contributed by atoms with van der Waals surface area (Å²) < 4.78 is 0. The van der Waals surface area contributed by atoms with E-state index < -0.39 is 0 Å². The van der Waals surface area contributed by atoms with Gasteiger partial charge in [0.15, 0.2) is 0 Å². The summed E-state index contributed by atoms with van der Waals surface area (Å²) in [5.41, 5.74) is 9.65. The van der Waals surface area contributed by atoms with E-state index in [4.69, 9.17) is 19.9 Å². The number of pyridine rings is 2. The fourth-order valence-electron chi connectivity index (χ4n) is 6.24. The summed E-state index contributed by atoms with van der Waals surface area (Å²) in [6, 6.07) is 30.2. The Kier molecular flexibility index (Phi) is 6.14. The first-order valence-corrected chi connectivity index (χ1v) is 14.7. The zero-order valence-electron chi connectivity index (χ0n) is 25.2. The third kappa shape index (κ3) is 4.30. The van der Waals surface area contributed by atoms with Crippen LogP contribution in [-0.4, -0.2) is 9.97 Å². The van der Waals surface area contributed by atoms with Crippen LogP contribution in [0.2, 0.25) is 0 Å². The number of hydrogen-bond acceptors (Lipinski definition) is 2. The fraction of sp³-hybridized carbons (Fsp3) is 0.211. The molecular weight excluding hydrogens is 708 g/mol. The normalized spacial score (nSPS) is 12.7. The van der Waals surface area contributed by atoms with Gasteiger partial charge in [-0.25, -0.2) is 9.97 Å². The first-order valence-electron chi connectivity index (χ1n) is 14.7. The smallest absolute Gasteiger partial charge is 0.656 e. The van der Waals surface area contributed by atoms with Crippen LogP contribution in [-0.2, 0) is 31.9 Å². The Morgan fingerprint density at radius 1 is 0.419 bits per heavy atom. The minimum absolute atomic E-state index is 0. The van der Waals surface area contributed by atoms with Crippen molar-refractivity contribution in [1.29, 1.82) is 0 Å². The maximum Gasteiger partial charge on any atom is 2.00 e. The molecule has 0 radical (unpaired) electrons. The minimum Gasteiger partial charge on any atom is -0.656 e. The molecular formula is C38H32N4Pt. The van der Waals surface area contributed by atoms with E-state index in [-0.39, 0.29) is 31.9 Å². The fourth-order valence-corrected chi connectivity index (χ4v) is 6.24. The van der Waals surface area contributed by atoms with Crippen LogP contribution in [0.15, 0.2) is 84.9 Å². The molecule has 8 rings (SSSR count). The van der Waals surface area contributed by atoms with Crippen molar-refractivity contribution in [2.45, 2.75) is 52.4 Å². The van der Waals surface area contributed by atoms with E-state index in [1.165, 1.54) is 11.1 Å². The zero-order valence-corrected chi connectivity index (χ0v) is 27.5. The maximum atomic E-state index is 5.39. The largest absolute Gasteiger partial charge is 2.00 e. The Hall–Kier alpha value is -4.01. The molecule has 8 bridgehead atoms. The molecule has 5 heteroatoms. The van der Waals surface area contributed by atoms with Crippen molar-refractivity contribution in [1.82, 2.24) is 19.9 Å². The molecule has 5 heterocycles. The molecule has 8 aromatic rings. The number of benzene rings is 3. The molecule has 43 heavy (non-hydrogen) atoms. The minimum atomic E-state index is -0.0498. The Labute approximate surface area is 264 Å². The van der Waals surface area contributed by atoms with Crippen LogP contribution in [0.25, 0.3) is 76.5 Å². The standard InChI is InChI=1S/C38H32N4.Pt/c1-37(2,3)21-17-25-26-18-22(38(4,5)6)20-28-30-14-10-16-32(40-30)36-24-12-8-7-11-23(24)35(42-36)31-15-9-13-29(39-31)27(19-21)33(25)41-34(26)28;/h7-20H,1-6H3;/q-2;+2. The van der Waals surface area contributed by atoms with Crippen LogP contribution in [0.5, 0.6) is 0 Å². The van der Waals surface area contributed by atoms with Gasteiger partial charge in [0.25, 0.3) is 0 Å². The van der Waals surface area contributed by atoms with E-state index in [2.05, 4.69) is 126 Å². The van der Waals surface area contributed by atoms with Crippen molar-refractivity contribution in [3.63, 3.8) is 0 Å².